The van der Waals surface area contributed by atoms with Gasteiger partial charge in [0.1, 0.15) is 17.6 Å². The number of aliphatic hydroxyl groups is 1. The number of methoxy groups -OCH3 is 2. The van der Waals surface area contributed by atoms with E-state index in [0.29, 0.717) is 17.1 Å². The van der Waals surface area contributed by atoms with Gasteiger partial charge in [-0.15, -0.1) is 0 Å². The molecule has 96 valence electrons. The summed E-state index contributed by atoms with van der Waals surface area (Å²) in [6, 6.07) is 5.39. The maximum Gasteiger partial charge on any atom is 0.128 e. The second-order valence-corrected chi connectivity index (χ2v) is 3.97. The van der Waals surface area contributed by atoms with Gasteiger partial charge in [0.2, 0.25) is 0 Å². The van der Waals surface area contributed by atoms with Crippen LogP contribution in [0, 0.1) is 0 Å². The third-order valence-electron chi connectivity index (χ3n) is 2.39. The van der Waals surface area contributed by atoms with Gasteiger partial charge in [0.15, 0.2) is 0 Å². The Hall–Kier alpha value is -1.26. The second-order valence-electron chi connectivity index (χ2n) is 3.97. The van der Waals surface area contributed by atoms with Crippen LogP contribution in [0.25, 0.3) is 0 Å². The van der Waals surface area contributed by atoms with E-state index in [1.165, 1.54) is 0 Å². The highest BCUT2D eigenvalue weighted by Crippen LogP contribution is 2.34. The molecule has 4 heteroatoms. The zero-order valence-electron chi connectivity index (χ0n) is 10.8. The summed E-state index contributed by atoms with van der Waals surface area (Å²) in [5.74, 6) is 1.20. The number of hydrogen-bond donors (Lipinski definition) is 1. The zero-order valence-corrected chi connectivity index (χ0v) is 10.8. The summed E-state index contributed by atoms with van der Waals surface area (Å²) in [6.07, 6.45) is -0.686. The molecule has 0 bridgehead atoms. The van der Waals surface area contributed by atoms with Gasteiger partial charge in [-0.05, 0) is 26.0 Å². The molecule has 0 saturated carbocycles. The Bertz CT molecular complexity index is 327. The number of ether oxygens (including phenoxy) is 3. The van der Waals surface area contributed by atoms with E-state index in [1.807, 2.05) is 19.9 Å². The molecule has 4 nitrogen and oxygen atoms in total. The number of benzene rings is 1. The fourth-order valence-electron chi connectivity index (χ4n) is 1.58. The van der Waals surface area contributed by atoms with Crippen molar-refractivity contribution >= 4 is 0 Å². The van der Waals surface area contributed by atoms with Gasteiger partial charge in [-0.3, -0.25) is 0 Å². The maximum atomic E-state index is 10.1. The van der Waals surface area contributed by atoms with Crippen molar-refractivity contribution in [3.63, 3.8) is 0 Å². The summed E-state index contributed by atoms with van der Waals surface area (Å²) >= 11 is 0. The van der Waals surface area contributed by atoms with Crippen LogP contribution in [0.2, 0.25) is 0 Å². The molecule has 1 unspecified atom stereocenters. The molecule has 1 aromatic rings. The molecule has 0 saturated heterocycles. The summed E-state index contributed by atoms with van der Waals surface area (Å²) < 4.78 is 15.8. The molecule has 0 spiro atoms. The fourth-order valence-corrected chi connectivity index (χ4v) is 1.58. The highest BCUT2D eigenvalue weighted by molar-refractivity contribution is 5.46. The summed E-state index contributed by atoms with van der Waals surface area (Å²) in [6.45, 7) is 4.06. The molecule has 1 aromatic carbocycles. The van der Waals surface area contributed by atoms with Gasteiger partial charge in [0.25, 0.3) is 0 Å². The summed E-state index contributed by atoms with van der Waals surface area (Å²) in [4.78, 5) is 0. The first-order valence-electron chi connectivity index (χ1n) is 5.60. The molecule has 0 radical (unpaired) electrons. The summed E-state index contributed by atoms with van der Waals surface area (Å²) in [5.41, 5.74) is 0.623. The predicted molar refractivity (Wildman–Crippen MR) is 65.6 cm³/mol. The molecule has 1 atom stereocenters. The Morgan fingerprint density at radius 1 is 1.12 bits per heavy atom. The highest BCUT2D eigenvalue weighted by atomic mass is 16.5. The smallest absolute Gasteiger partial charge is 0.128 e. The van der Waals surface area contributed by atoms with Crippen molar-refractivity contribution in [1.29, 1.82) is 0 Å². The van der Waals surface area contributed by atoms with Crippen molar-refractivity contribution in [3.8, 4) is 11.5 Å². The molecule has 17 heavy (non-hydrogen) atoms. The molecule has 0 amide bonds. The summed E-state index contributed by atoms with van der Waals surface area (Å²) in [7, 11) is 3.13. The minimum atomic E-state index is -0.761. The van der Waals surface area contributed by atoms with Gasteiger partial charge < -0.3 is 19.3 Å². The normalized spacial score (nSPS) is 12.6. The van der Waals surface area contributed by atoms with E-state index in [9.17, 15) is 5.11 Å². The lowest BCUT2D eigenvalue weighted by Gasteiger charge is -2.19. The third-order valence-corrected chi connectivity index (χ3v) is 2.39. The first-order chi connectivity index (χ1) is 8.10. The van der Waals surface area contributed by atoms with Crippen molar-refractivity contribution in [2.24, 2.45) is 0 Å². The lowest BCUT2D eigenvalue weighted by atomic mass is 10.1. The molecule has 0 fully saturated rings. The van der Waals surface area contributed by atoms with E-state index in [2.05, 4.69) is 0 Å². The largest absolute Gasteiger partial charge is 0.496 e. The van der Waals surface area contributed by atoms with E-state index in [4.69, 9.17) is 14.2 Å². The van der Waals surface area contributed by atoms with Gasteiger partial charge in [-0.2, -0.15) is 0 Å². The van der Waals surface area contributed by atoms with E-state index < -0.39 is 6.10 Å². The minimum absolute atomic E-state index is 0.0744. The second kappa shape index (κ2) is 6.47. The van der Waals surface area contributed by atoms with Crippen LogP contribution in [0.1, 0.15) is 25.5 Å². The average Bonchev–Trinajstić information content (AvgIpc) is 2.34. The van der Waals surface area contributed by atoms with Crippen LogP contribution in [-0.2, 0) is 4.74 Å². The first kappa shape index (κ1) is 13.8. The van der Waals surface area contributed by atoms with Gasteiger partial charge in [-0.1, -0.05) is 6.07 Å². The van der Waals surface area contributed by atoms with Gasteiger partial charge in [-0.25, -0.2) is 0 Å². The van der Waals surface area contributed by atoms with Crippen LogP contribution in [-0.4, -0.2) is 32.0 Å². The SMILES string of the molecule is COc1cccc(OC)c1C(O)COC(C)C. The van der Waals surface area contributed by atoms with Crippen molar-refractivity contribution in [2.45, 2.75) is 26.1 Å². The lowest BCUT2D eigenvalue weighted by Crippen LogP contribution is -2.13. The van der Waals surface area contributed by atoms with Gasteiger partial charge in [0.05, 0.1) is 32.5 Å². The standard InChI is InChI=1S/C13H20O4/c1-9(2)17-8-10(14)13-11(15-3)6-5-7-12(13)16-4/h5-7,9-10,14H,8H2,1-4H3. The fraction of sp³-hybridized carbons (Fsp3) is 0.538. The lowest BCUT2D eigenvalue weighted by molar-refractivity contribution is 0.00320. The van der Waals surface area contributed by atoms with Crippen LogP contribution in [0.15, 0.2) is 18.2 Å². The number of aliphatic hydroxyl groups excluding tert-OH is 1. The average molecular weight is 240 g/mol. The third kappa shape index (κ3) is 3.61. The number of rotatable bonds is 6. The van der Waals surface area contributed by atoms with E-state index in [0.717, 1.165) is 0 Å². The van der Waals surface area contributed by atoms with Crippen molar-refractivity contribution < 1.29 is 19.3 Å². The maximum absolute atomic E-state index is 10.1. The molecule has 0 aliphatic carbocycles. The van der Waals surface area contributed by atoms with Crippen LogP contribution in [0.5, 0.6) is 11.5 Å². The topological polar surface area (TPSA) is 47.9 Å². The highest BCUT2D eigenvalue weighted by Gasteiger charge is 2.19. The van der Waals surface area contributed by atoms with Gasteiger partial charge in [0, 0.05) is 0 Å². The van der Waals surface area contributed by atoms with Crippen molar-refractivity contribution in [2.75, 3.05) is 20.8 Å². The molecular weight excluding hydrogens is 220 g/mol. The van der Waals surface area contributed by atoms with Crippen LogP contribution < -0.4 is 9.47 Å². The Labute approximate surface area is 102 Å². The minimum Gasteiger partial charge on any atom is -0.496 e. The Morgan fingerprint density at radius 3 is 2.06 bits per heavy atom. The Morgan fingerprint density at radius 2 is 1.65 bits per heavy atom. The quantitative estimate of drug-likeness (QED) is 0.827. The summed E-state index contributed by atoms with van der Waals surface area (Å²) in [5, 5.41) is 10.1. The molecule has 1 rings (SSSR count). The van der Waals surface area contributed by atoms with Crippen molar-refractivity contribution in [1.82, 2.24) is 0 Å². The van der Waals surface area contributed by atoms with E-state index in [1.54, 1.807) is 26.4 Å². The Kier molecular flexibility index (Phi) is 5.25. The van der Waals surface area contributed by atoms with E-state index in [-0.39, 0.29) is 12.7 Å². The molecule has 0 aliphatic heterocycles. The van der Waals surface area contributed by atoms with E-state index >= 15 is 0 Å². The predicted octanol–water partition coefficient (Wildman–Crippen LogP) is 2.16. The van der Waals surface area contributed by atoms with Crippen molar-refractivity contribution in [3.05, 3.63) is 23.8 Å². The number of hydrogen-bond acceptors (Lipinski definition) is 4. The Balaban J connectivity index is 2.92. The molecule has 1 N–H and O–H groups in total. The van der Waals surface area contributed by atoms with Crippen LogP contribution in [0.3, 0.4) is 0 Å². The molecular formula is C13H20O4. The first-order valence-corrected chi connectivity index (χ1v) is 5.60. The van der Waals surface area contributed by atoms with Gasteiger partial charge >= 0.3 is 0 Å². The van der Waals surface area contributed by atoms with Crippen LogP contribution in [0.4, 0.5) is 0 Å². The van der Waals surface area contributed by atoms with Crippen LogP contribution >= 0.6 is 0 Å². The monoisotopic (exact) mass is 240 g/mol. The molecule has 0 aromatic heterocycles. The molecule has 0 heterocycles. The zero-order chi connectivity index (χ0) is 12.8. The molecule has 0 aliphatic rings.